The van der Waals surface area contributed by atoms with E-state index >= 15 is 0 Å². The fourth-order valence-electron chi connectivity index (χ4n) is 2.95. The van der Waals surface area contributed by atoms with E-state index in [1.54, 1.807) is 0 Å². The van der Waals surface area contributed by atoms with Gasteiger partial charge in [-0.1, -0.05) is 38.1 Å². The zero-order chi connectivity index (χ0) is 13.9. The second kappa shape index (κ2) is 5.74. The number of hydrogen-bond acceptors (Lipinski definition) is 2. The summed E-state index contributed by atoms with van der Waals surface area (Å²) in [5, 5.41) is 9.09. The summed E-state index contributed by atoms with van der Waals surface area (Å²) in [5.74, 6) is -0.246. The number of benzene rings is 1. The van der Waals surface area contributed by atoms with Gasteiger partial charge in [0.15, 0.2) is 0 Å². The Morgan fingerprint density at radius 2 is 1.95 bits per heavy atom. The number of carboxylic acids is 1. The van der Waals surface area contributed by atoms with Gasteiger partial charge >= 0.3 is 5.97 Å². The molecule has 3 nitrogen and oxygen atoms in total. The maximum Gasteiger partial charge on any atom is 0.304 e. The lowest BCUT2D eigenvalue weighted by Gasteiger charge is -2.31. The average molecular weight is 262 g/mol. The number of aliphatic carboxylic acids is 1. The van der Waals surface area contributed by atoms with E-state index in [0.717, 1.165) is 26.1 Å². The van der Waals surface area contributed by atoms with Gasteiger partial charge < -0.3 is 9.84 Å². The number of ether oxygens (including phenoxy) is 1. The topological polar surface area (TPSA) is 46.5 Å². The predicted molar refractivity (Wildman–Crippen MR) is 74.5 cm³/mol. The summed E-state index contributed by atoms with van der Waals surface area (Å²) in [4.78, 5) is 11.1. The van der Waals surface area contributed by atoms with Crippen molar-refractivity contribution in [2.75, 3.05) is 13.2 Å². The van der Waals surface area contributed by atoms with Crippen LogP contribution in [-0.2, 0) is 14.9 Å². The molecule has 1 fully saturated rings. The SMILES string of the molecule is CC(C)(CC(=O)O)c1ccccc1C1CCOCC1. The maximum absolute atomic E-state index is 11.1. The van der Waals surface area contributed by atoms with Crippen molar-refractivity contribution >= 4 is 5.97 Å². The molecule has 0 bridgehead atoms. The van der Waals surface area contributed by atoms with Crippen LogP contribution >= 0.6 is 0 Å². The molecule has 1 N–H and O–H groups in total. The first-order chi connectivity index (χ1) is 9.00. The predicted octanol–water partition coefficient (Wildman–Crippen LogP) is 3.33. The Hall–Kier alpha value is -1.35. The van der Waals surface area contributed by atoms with E-state index in [-0.39, 0.29) is 11.8 Å². The van der Waals surface area contributed by atoms with Gasteiger partial charge in [-0.2, -0.15) is 0 Å². The minimum Gasteiger partial charge on any atom is -0.481 e. The first-order valence-electron chi connectivity index (χ1n) is 6.89. The van der Waals surface area contributed by atoms with Gasteiger partial charge in [0, 0.05) is 18.6 Å². The van der Waals surface area contributed by atoms with Crippen LogP contribution in [0.25, 0.3) is 0 Å². The quantitative estimate of drug-likeness (QED) is 0.905. The Balaban J connectivity index is 2.31. The second-order valence-corrected chi connectivity index (χ2v) is 5.93. The lowest BCUT2D eigenvalue weighted by atomic mass is 9.75. The van der Waals surface area contributed by atoms with Gasteiger partial charge in [0.2, 0.25) is 0 Å². The molecule has 0 atom stereocenters. The Morgan fingerprint density at radius 3 is 2.58 bits per heavy atom. The molecule has 0 aliphatic carbocycles. The van der Waals surface area contributed by atoms with E-state index in [4.69, 9.17) is 9.84 Å². The fourth-order valence-corrected chi connectivity index (χ4v) is 2.95. The van der Waals surface area contributed by atoms with Gasteiger partial charge in [0.25, 0.3) is 0 Å². The van der Waals surface area contributed by atoms with E-state index in [0.29, 0.717) is 5.92 Å². The van der Waals surface area contributed by atoms with Gasteiger partial charge in [-0.3, -0.25) is 4.79 Å². The molecule has 1 saturated heterocycles. The van der Waals surface area contributed by atoms with Crippen LogP contribution in [-0.4, -0.2) is 24.3 Å². The zero-order valence-corrected chi connectivity index (χ0v) is 11.7. The minimum atomic E-state index is -0.744. The third-order valence-corrected chi connectivity index (χ3v) is 3.94. The smallest absolute Gasteiger partial charge is 0.304 e. The molecule has 19 heavy (non-hydrogen) atoms. The number of hydrogen-bond donors (Lipinski definition) is 1. The maximum atomic E-state index is 11.1. The van der Waals surface area contributed by atoms with Gasteiger partial charge in [-0.15, -0.1) is 0 Å². The van der Waals surface area contributed by atoms with Crippen molar-refractivity contribution < 1.29 is 14.6 Å². The molecule has 1 aliphatic rings. The van der Waals surface area contributed by atoms with Crippen molar-refractivity contribution in [3.63, 3.8) is 0 Å². The number of carboxylic acid groups (broad SMARTS) is 1. The Bertz CT molecular complexity index is 445. The van der Waals surface area contributed by atoms with Gasteiger partial charge in [0.05, 0.1) is 6.42 Å². The highest BCUT2D eigenvalue weighted by atomic mass is 16.5. The molecule has 0 aromatic heterocycles. The van der Waals surface area contributed by atoms with Crippen molar-refractivity contribution in [2.24, 2.45) is 0 Å². The molecule has 0 saturated carbocycles. The molecule has 0 unspecified atom stereocenters. The second-order valence-electron chi connectivity index (χ2n) is 5.93. The van der Waals surface area contributed by atoms with E-state index < -0.39 is 5.97 Å². The van der Waals surface area contributed by atoms with Crippen LogP contribution in [0, 0.1) is 0 Å². The van der Waals surface area contributed by atoms with Crippen LogP contribution in [0.2, 0.25) is 0 Å². The Morgan fingerprint density at radius 1 is 1.32 bits per heavy atom. The molecule has 0 amide bonds. The van der Waals surface area contributed by atoms with Gasteiger partial charge in [-0.25, -0.2) is 0 Å². The highest BCUT2D eigenvalue weighted by molar-refractivity contribution is 5.69. The molecule has 104 valence electrons. The number of carbonyl (C=O) groups is 1. The van der Waals surface area contributed by atoms with Crippen LogP contribution in [0.4, 0.5) is 0 Å². The van der Waals surface area contributed by atoms with Crippen molar-refractivity contribution in [3.8, 4) is 0 Å². The van der Waals surface area contributed by atoms with Gasteiger partial charge in [-0.05, 0) is 29.9 Å². The summed E-state index contributed by atoms with van der Waals surface area (Å²) in [6, 6.07) is 8.27. The number of rotatable bonds is 4. The highest BCUT2D eigenvalue weighted by Crippen LogP contribution is 2.37. The fraction of sp³-hybridized carbons (Fsp3) is 0.562. The minimum absolute atomic E-state index is 0.160. The summed E-state index contributed by atoms with van der Waals surface area (Å²) in [5.41, 5.74) is 2.14. The van der Waals surface area contributed by atoms with Crippen molar-refractivity contribution in [1.29, 1.82) is 0 Å². The van der Waals surface area contributed by atoms with Crippen molar-refractivity contribution in [3.05, 3.63) is 35.4 Å². The average Bonchev–Trinajstić information content (AvgIpc) is 2.38. The highest BCUT2D eigenvalue weighted by Gasteiger charge is 2.29. The normalized spacial score (nSPS) is 17.4. The Kier molecular flexibility index (Phi) is 4.25. The molecule has 3 heteroatoms. The van der Waals surface area contributed by atoms with Crippen LogP contribution in [0.1, 0.15) is 50.2 Å². The van der Waals surface area contributed by atoms with E-state index in [1.807, 2.05) is 26.0 Å². The van der Waals surface area contributed by atoms with Crippen molar-refractivity contribution in [2.45, 2.75) is 44.4 Å². The van der Waals surface area contributed by atoms with Crippen molar-refractivity contribution in [1.82, 2.24) is 0 Å². The molecule has 1 aromatic carbocycles. The Labute approximate surface area is 114 Å². The lowest BCUT2D eigenvalue weighted by Crippen LogP contribution is -2.25. The standard InChI is InChI=1S/C16H22O3/c1-16(2,11-15(17)18)14-6-4-3-5-13(14)12-7-9-19-10-8-12/h3-6,12H,7-11H2,1-2H3,(H,17,18). The van der Waals surface area contributed by atoms with Crippen LogP contribution < -0.4 is 0 Å². The van der Waals surface area contributed by atoms with E-state index in [2.05, 4.69) is 12.1 Å². The molecule has 0 radical (unpaired) electrons. The molecule has 1 aromatic rings. The zero-order valence-electron chi connectivity index (χ0n) is 11.7. The van der Waals surface area contributed by atoms with E-state index in [1.165, 1.54) is 11.1 Å². The summed E-state index contributed by atoms with van der Waals surface area (Å²) >= 11 is 0. The van der Waals surface area contributed by atoms with Gasteiger partial charge in [0.1, 0.15) is 0 Å². The first kappa shape index (κ1) is 14.1. The summed E-state index contributed by atoms with van der Waals surface area (Å²) < 4.78 is 5.42. The van der Waals surface area contributed by atoms with Crippen LogP contribution in [0.5, 0.6) is 0 Å². The molecule has 1 heterocycles. The molecule has 2 rings (SSSR count). The van der Waals surface area contributed by atoms with E-state index in [9.17, 15) is 4.79 Å². The molecular weight excluding hydrogens is 240 g/mol. The third-order valence-electron chi connectivity index (χ3n) is 3.94. The monoisotopic (exact) mass is 262 g/mol. The summed E-state index contributed by atoms with van der Waals surface area (Å²) in [6.07, 6.45) is 2.22. The molecule has 0 spiro atoms. The lowest BCUT2D eigenvalue weighted by molar-refractivity contribution is -0.138. The molecular formula is C16H22O3. The third kappa shape index (κ3) is 3.35. The molecule has 1 aliphatic heterocycles. The van der Waals surface area contributed by atoms with Crippen LogP contribution in [0.3, 0.4) is 0 Å². The largest absolute Gasteiger partial charge is 0.481 e. The first-order valence-corrected chi connectivity index (χ1v) is 6.89. The summed E-state index contributed by atoms with van der Waals surface area (Å²) in [6.45, 7) is 5.63. The van der Waals surface area contributed by atoms with Crippen LogP contribution in [0.15, 0.2) is 24.3 Å². The summed E-state index contributed by atoms with van der Waals surface area (Å²) in [7, 11) is 0.